The van der Waals surface area contributed by atoms with Gasteiger partial charge in [0.05, 0.1) is 18.4 Å². The first-order valence-corrected chi connectivity index (χ1v) is 12.2. The average Bonchev–Trinajstić information content (AvgIpc) is 2.77. The van der Waals surface area contributed by atoms with Gasteiger partial charge in [-0.15, -0.1) is 0 Å². The summed E-state index contributed by atoms with van der Waals surface area (Å²) in [6.45, 7) is 2.51. The molecule has 0 aromatic heterocycles. The van der Waals surface area contributed by atoms with Crippen molar-refractivity contribution in [1.29, 1.82) is 0 Å². The van der Waals surface area contributed by atoms with Crippen LogP contribution in [0.4, 0.5) is 5.69 Å². The topological polar surface area (TPSA) is 79.0 Å². The number of rotatable bonds is 8. The van der Waals surface area contributed by atoms with E-state index in [4.69, 9.17) is 4.74 Å². The van der Waals surface area contributed by atoms with Crippen LogP contribution in [0.1, 0.15) is 16.8 Å². The van der Waals surface area contributed by atoms with Crippen LogP contribution in [0.25, 0.3) is 0 Å². The Morgan fingerprint density at radius 2 is 1.73 bits per heavy atom. The molecule has 2 aromatic rings. The van der Waals surface area contributed by atoms with Gasteiger partial charge >= 0.3 is 0 Å². The van der Waals surface area contributed by atoms with E-state index >= 15 is 0 Å². The van der Waals surface area contributed by atoms with E-state index in [0.717, 1.165) is 11.4 Å². The second-order valence-corrected chi connectivity index (χ2v) is 9.93. The molecule has 0 spiro atoms. The van der Waals surface area contributed by atoms with Crippen molar-refractivity contribution in [3.8, 4) is 5.75 Å². The second kappa shape index (κ2) is 10.3. The molecule has 9 heteroatoms. The standard InChI is InChI=1S/C21H26BrN3O4S/c1-29-18-9-7-17(8-10-18)24-12-14-25(15-13-24)30(27,28)16-4-11-23-21(26)19-5-2-3-6-20(19)22/h2-3,5-10H,4,11-16H2,1H3,(H,23,26). The summed E-state index contributed by atoms with van der Waals surface area (Å²) in [5.41, 5.74) is 1.60. The fraction of sp³-hybridized carbons (Fsp3) is 0.381. The largest absolute Gasteiger partial charge is 0.497 e. The first kappa shape index (κ1) is 22.6. The monoisotopic (exact) mass is 495 g/mol. The number of benzene rings is 2. The maximum atomic E-state index is 12.7. The third-order valence-electron chi connectivity index (χ3n) is 5.05. The number of nitrogens with zero attached hydrogens (tertiary/aromatic N) is 2. The smallest absolute Gasteiger partial charge is 0.252 e. The lowest BCUT2D eigenvalue weighted by atomic mass is 10.2. The molecule has 0 saturated carbocycles. The number of carbonyl (C=O) groups is 1. The predicted molar refractivity (Wildman–Crippen MR) is 122 cm³/mol. The molecular weight excluding hydrogens is 470 g/mol. The molecule has 0 aliphatic carbocycles. The van der Waals surface area contributed by atoms with Crippen LogP contribution < -0.4 is 15.0 Å². The van der Waals surface area contributed by atoms with E-state index in [2.05, 4.69) is 26.1 Å². The Labute approximate surface area is 186 Å². The highest BCUT2D eigenvalue weighted by Gasteiger charge is 2.26. The Morgan fingerprint density at radius 1 is 1.07 bits per heavy atom. The predicted octanol–water partition coefficient (Wildman–Crippen LogP) is 2.73. The van der Waals surface area contributed by atoms with Gasteiger partial charge in [0.2, 0.25) is 10.0 Å². The number of nitrogens with one attached hydrogen (secondary N) is 1. The molecule has 1 amide bonds. The van der Waals surface area contributed by atoms with Gasteiger partial charge in [0, 0.05) is 42.9 Å². The molecule has 1 saturated heterocycles. The number of hydrogen-bond acceptors (Lipinski definition) is 5. The Bertz CT molecular complexity index is 958. The summed E-state index contributed by atoms with van der Waals surface area (Å²) in [7, 11) is -1.71. The van der Waals surface area contributed by atoms with Gasteiger partial charge in [0.25, 0.3) is 5.91 Å². The molecule has 7 nitrogen and oxygen atoms in total. The Morgan fingerprint density at radius 3 is 2.37 bits per heavy atom. The molecule has 1 heterocycles. The van der Waals surface area contributed by atoms with Crippen LogP contribution in [-0.4, -0.2) is 64.2 Å². The highest BCUT2D eigenvalue weighted by Crippen LogP contribution is 2.21. The zero-order valence-electron chi connectivity index (χ0n) is 16.9. The second-order valence-electron chi connectivity index (χ2n) is 6.99. The summed E-state index contributed by atoms with van der Waals surface area (Å²) < 4.78 is 32.7. The van der Waals surface area contributed by atoms with Gasteiger partial charge in [-0.3, -0.25) is 4.79 Å². The molecule has 0 atom stereocenters. The van der Waals surface area contributed by atoms with E-state index in [0.29, 0.717) is 49.2 Å². The number of halogens is 1. The van der Waals surface area contributed by atoms with Crippen LogP contribution in [0.3, 0.4) is 0 Å². The van der Waals surface area contributed by atoms with Crippen molar-refractivity contribution >= 4 is 37.5 Å². The van der Waals surface area contributed by atoms with Gasteiger partial charge in [0.1, 0.15) is 5.75 Å². The first-order valence-electron chi connectivity index (χ1n) is 9.80. The highest BCUT2D eigenvalue weighted by atomic mass is 79.9. The number of hydrogen-bond donors (Lipinski definition) is 1. The molecule has 0 radical (unpaired) electrons. The van der Waals surface area contributed by atoms with Crippen molar-refractivity contribution in [2.45, 2.75) is 6.42 Å². The van der Waals surface area contributed by atoms with Crippen LogP contribution in [-0.2, 0) is 10.0 Å². The van der Waals surface area contributed by atoms with Crippen molar-refractivity contribution in [3.05, 3.63) is 58.6 Å². The Kier molecular flexibility index (Phi) is 7.74. The zero-order valence-corrected chi connectivity index (χ0v) is 19.3. The average molecular weight is 496 g/mol. The molecule has 2 aromatic carbocycles. The molecule has 0 unspecified atom stereocenters. The van der Waals surface area contributed by atoms with E-state index < -0.39 is 10.0 Å². The molecule has 162 valence electrons. The Balaban J connectivity index is 1.44. The zero-order chi connectivity index (χ0) is 21.6. The first-order chi connectivity index (χ1) is 14.4. The van der Waals surface area contributed by atoms with Gasteiger partial charge in [-0.1, -0.05) is 12.1 Å². The van der Waals surface area contributed by atoms with Crippen molar-refractivity contribution in [2.75, 3.05) is 50.5 Å². The molecule has 3 rings (SSSR count). The van der Waals surface area contributed by atoms with E-state index in [1.807, 2.05) is 30.3 Å². The number of piperazine rings is 1. The van der Waals surface area contributed by atoms with E-state index in [1.54, 1.807) is 29.6 Å². The summed E-state index contributed by atoms with van der Waals surface area (Å²) in [5, 5.41) is 2.78. The molecule has 1 aliphatic rings. The van der Waals surface area contributed by atoms with Crippen molar-refractivity contribution in [2.24, 2.45) is 0 Å². The summed E-state index contributed by atoms with van der Waals surface area (Å²) >= 11 is 3.34. The molecule has 1 N–H and O–H groups in total. The fourth-order valence-corrected chi connectivity index (χ4v) is 5.30. The van der Waals surface area contributed by atoms with E-state index in [9.17, 15) is 13.2 Å². The highest BCUT2D eigenvalue weighted by molar-refractivity contribution is 9.10. The summed E-state index contributed by atoms with van der Waals surface area (Å²) in [6.07, 6.45) is 0.372. The summed E-state index contributed by atoms with van der Waals surface area (Å²) in [4.78, 5) is 14.4. The lowest BCUT2D eigenvalue weighted by Crippen LogP contribution is -2.49. The SMILES string of the molecule is COc1ccc(N2CCN(S(=O)(=O)CCCNC(=O)c3ccccc3Br)CC2)cc1. The lowest BCUT2D eigenvalue weighted by Gasteiger charge is -2.35. The van der Waals surface area contributed by atoms with Gasteiger partial charge in [-0.2, -0.15) is 4.31 Å². The summed E-state index contributed by atoms with van der Waals surface area (Å²) in [6, 6.07) is 14.9. The van der Waals surface area contributed by atoms with Crippen molar-refractivity contribution < 1.29 is 17.9 Å². The number of sulfonamides is 1. The molecule has 1 fully saturated rings. The summed E-state index contributed by atoms with van der Waals surface area (Å²) in [5.74, 6) is 0.603. The maximum Gasteiger partial charge on any atom is 0.252 e. The molecule has 0 bridgehead atoms. The third kappa shape index (κ3) is 5.74. The van der Waals surface area contributed by atoms with E-state index in [-0.39, 0.29) is 11.7 Å². The van der Waals surface area contributed by atoms with Gasteiger partial charge in [-0.05, 0) is 58.7 Å². The fourth-order valence-electron chi connectivity index (χ4n) is 3.34. The molecular formula is C21H26BrN3O4S. The maximum absolute atomic E-state index is 12.7. The van der Waals surface area contributed by atoms with Crippen molar-refractivity contribution in [3.63, 3.8) is 0 Å². The van der Waals surface area contributed by atoms with Crippen LogP contribution in [0.15, 0.2) is 53.0 Å². The third-order valence-corrected chi connectivity index (χ3v) is 7.70. The van der Waals surface area contributed by atoms with Crippen LogP contribution in [0.2, 0.25) is 0 Å². The minimum atomic E-state index is -3.34. The number of ether oxygens (including phenoxy) is 1. The number of anilines is 1. The van der Waals surface area contributed by atoms with Crippen molar-refractivity contribution in [1.82, 2.24) is 9.62 Å². The minimum absolute atomic E-state index is 0.0196. The minimum Gasteiger partial charge on any atom is -0.497 e. The van der Waals surface area contributed by atoms with Crippen LogP contribution in [0.5, 0.6) is 5.75 Å². The quantitative estimate of drug-likeness (QED) is 0.569. The lowest BCUT2D eigenvalue weighted by molar-refractivity contribution is 0.0953. The Hall–Kier alpha value is -2.10. The number of methoxy groups -OCH3 is 1. The molecule has 30 heavy (non-hydrogen) atoms. The molecule has 1 aliphatic heterocycles. The van der Waals surface area contributed by atoms with Gasteiger partial charge in [-0.25, -0.2) is 8.42 Å². The number of carbonyl (C=O) groups excluding carboxylic acids is 1. The van der Waals surface area contributed by atoms with Crippen LogP contribution >= 0.6 is 15.9 Å². The number of amides is 1. The normalized spacial score (nSPS) is 15.1. The van der Waals surface area contributed by atoms with Gasteiger partial charge in [0.15, 0.2) is 0 Å². The van der Waals surface area contributed by atoms with Gasteiger partial charge < -0.3 is 15.0 Å². The van der Waals surface area contributed by atoms with Crippen LogP contribution in [0, 0.1) is 0 Å². The van der Waals surface area contributed by atoms with E-state index in [1.165, 1.54) is 0 Å².